The Morgan fingerprint density at radius 3 is 1.73 bits per heavy atom. The van der Waals surface area contributed by atoms with E-state index in [9.17, 15) is 48.4 Å². The van der Waals surface area contributed by atoms with E-state index in [1.807, 2.05) is 0 Å². The summed E-state index contributed by atoms with van der Waals surface area (Å²) in [6.45, 7) is -1.98. The zero-order chi connectivity index (χ0) is 37.9. The minimum atomic E-state index is -5.55. The number of methoxy groups -OCH3 is 1. The normalized spacial score (nSPS) is 30.0. The number of nitrogen functional groups attached to an aromatic ring is 2. The summed E-state index contributed by atoms with van der Waals surface area (Å²) in [5.74, 6) is -0.547. The number of nitrogens with one attached hydrogen (secondary N) is 2. The summed E-state index contributed by atoms with van der Waals surface area (Å²) in [7, 11) is -10.1. The van der Waals surface area contributed by atoms with Crippen LogP contribution in [0.25, 0.3) is 22.3 Å². The van der Waals surface area contributed by atoms with E-state index in [2.05, 4.69) is 43.0 Å². The number of imidazole rings is 2. The van der Waals surface area contributed by atoms with Crippen LogP contribution in [0, 0.1) is 0 Å². The van der Waals surface area contributed by atoms with Crippen molar-refractivity contribution >= 4 is 64.9 Å². The highest BCUT2D eigenvalue weighted by molar-refractivity contribution is 7.86. The van der Waals surface area contributed by atoms with Gasteiger partial charge in [-0.15, -0.1) is 0 Å². The Bertz CT molecular complexity index is 2250. The Hall–Kier alpha value is -3.43. The Morgan fingerprint density at radius 1 is 0.808 bits per heavy atom. The first kappa shape index (κ1) is 38.3. The van der Waals surface area contributed by atoms with Crippen LogP contribution in [-0.2, 0) is 45.6 Å². The lowest BCUT2D eigenvalue weighted by molar-refractivity contribution is -0.0576. The van der Waals surface area contributed by atoms with Crippen LogP contribution in [0.4, 0.5) is 11.9 Å². The van der Waals surface area contributed by atoms with E-state index < -0.39 is 96.5 Å². The number of phosphoric acid groups is 2. The van der Waals surface area contributed by atoms with Crippen LogP contribution in [0.5, 0.6) is 0 Å². The quantitative estimate of drug-likeness (QED) is 0.0476. The van der Waals surface area contributed by atoms with Gasteiger partial charge in [-0.25, -0.2) is 27.7 Å². The van der Waals surface area contributed by atoms with Crippen molar-refractivity contribution in [3.05, 3.63) is 33.4 Å². The molecule has 11 atom stereocenters. The van der Waals surface area contributed by atoms with Crippen molar-refractivity contribution in [1.29, 1.82) is 0 Å². The van der Waals surface area contributed by atoms with Gasteiger partial charge in [-0.3, -0.25) is 42.3 Å². The summed E-state index contributed by atoms with van der Waals surface area (Å²) in [6, 6.07) is 0. The highest BCUT2D eigenvalue weighted by Crippen LogP contribution is 2.67. The fourth-order valence-electron chi connectivity index (χ4n) is 5.38. The second-order valence-electron chi connectivity index (χ2n) is 11.1. The number of fused-ring (bicyclic) bond motifs is 2. The van der Waals surface area contributed by atoms with Crippen molar-refractivity contribution in [3.8, 4) is 0 Å². The molecule has 0 spiro atoms. The number of hydrogen-bond donors (Lipinski definition) is 9. The van der Waals surface area contributed by atoms with Gasteiger partial charge in [0.15, 0.2) is 34.8 Å². The molecule has 2 saturated heterocycles. The second kappa shape index (κ2) is 14.1. The predicted molar refractivity (Wildman–Crippen MR) is 169 cm³/mol. The van der Waals surface area contributed by atoms with Crippen LogP contribution in [0.2, 0.25) is 0 Å². The lowest BCUT2D eigenvalue weighted by atomic mass is 10.1. The Labute approximate surface area is 288 Å². The molecule has 27 nitrogen and oxygen atoms in total. The molecule has 282 valence electrons. The molecule has 11 N–H and O–H groups in total. The van der Waals surface area contributed by atoms with E-state index >= 15 is 0 Å². The number of aliphatic hydroxyl groups is 3. The van der Waals surface area contributed by atoms with Crippen molar-refractivity contribution in [2.24, 2.45) is 0 Å². The number of anilines is 2. The number of aromatic nitrogens is 8. The van der Waals surface area contributed by atoms with E-state index in [-0.39, 0.29) is 34.2 Å². The van der Waals surface area contributed by atoms with Gasteiger partial charge in [0.2, 0.25) is 19.5 Å². The SMILES string of the molecule is [B]P(=O)(OP(=O)(O)OC[C@H]1O[C@@H](n2cnc3c(=O)[nH]c(N)nc32)[C@H](O)[C@@H]1O)OP(=O)(O)OC[C@H]1O[C@@H](n2cnc3c(=O)[nH]c(N)nc32)[C@H](OC)[C@@H]1O. The van der Waals surface area contributed by atoms with Gasteiger partial charge >= 0.3 is 15.6 Å². The Morgan fingerprint density at radius 2 is 1.25 bits per heavy atom. The highest BCUT2D eigenvalue weighted by atomic mass is 31.3. The van der Waals surface area contributed by atoms with Gasteiger partial charge < -0.3 is 50.8 Å². The predicted octanol–water partition coefficient (Wildman–Crippen LogP) is -3.15. The first-order chi connectivity index (χ1) is 24.3. The van der Waals surface area contributed by atoms with Crippen LogP contribution >= 0.6 is 23.1 Å². The van der Waals surface area contributed by atoms with Crippen LogP contribution in [-0.4, -0.2) is 129 Å². The van der Waals surface area contributed by atoms with Gasteiger partial charge in [-0.1, -0.05) is 0 Å². The van der Waals surface area contributed by atoms with Crippen molar-refractivity contribution in [2.75, 3.05) is 31.8 Å². The smallest absolute Gasteiger partial charge is 0.387 e. The number of ether oxygens (including phenoxy) is 3. The summed E-state index contributed by atoms with van der Waals surface area (Å²) < 4.78 is 74.6. The zero-order valence-electron chi connectivity index (χ0n) is 26.1. The maximum Gasteiger partial charge on any atom is 0.478 e. The van der Waals surface area contributed by atoms with E-state index in [0.29, 0.717) is 0 Å². The molecule has 6 heterocycles. The third-order valence-electron chi connectivity index (χ3n) is 7.61. The minimum absolute atomic E-state index is 0.0485. The number of nitrogens with two attached hydrogens (primary N) is 2. The van der Waals surface area contributed by atoms with Crippen LogP contribution in [0.3, 0.4) is 0 Å². The summed E-state index contributed by atoms with van der Waals surface area (Å²) in [5, 5.41) is 31.8. The van der Waals surface area contributed by atoms with Crippen molar-refractivity contribution in [1.82, 2.24) is 39.0 Å². The van der Waals surface area contributed by atoms with Crippen LogP contribution in [0.1, 0.15) is 12.5 Å². The Kier molecular flexibility index (Phi) is 10.4. The number of hydrogen-bond acceptors (Lipinski definition) is 21. The molecule has 52 heavy (non-hydrogen) atoms. The lowest BCUT2D eigenvalue weighted by Crippen LogP contribution is -2.35. The maximum atomic E-state index is 12.7. The molecule has 0 saturated carbocycles. The molecule has 6 rings (SSSR count). The molecule has 2 radical (unpaired) electrons. The van der Waals surface area contributed by atoms with Crippen molar-refractivity contribution in [3.63, 3.8) is 0 Å². The standard InChI is InChI=1S/C21H28BN10O17P3/c1-43-13-11(34)7(47-19(13)32-5-26-9-15(32)28-21(24)30-17(9)37)3-45-52(41,42)49-50(22,38)48-51(39,40)44-2-6-10(33)12(35)18(46-6)31-4-25-8-14(31)27-20(23)29-16(8)36/h4-7,10-13,18-19,33-35H,2-3H2,1H3,(H,39,40)(H,41,42)(H3,23,27,29,36)(H3,24,28,30,37)/t6-,7-,10-,11-,12-,13-,18-,19-,50?/m1/s1. The third-order valence-corrected chi connectivity index (χ3v) is 12.0. The Balaban J connectivity index is 1.05. The number of rotatable bonds is 13. The minimum Gasteiger partial charge on any atom is -0.387 e. The molecule has 4 aromatic heterocycles. The average Bonchev–Trinajstić information content (AvgIpc) is 3.78. The third kappa shape index (κ3) is 7.63. The summed E-state index contributed by atoms with van der Waals surface area (Å²) in [4.78, 5) is 64.7. The van der Waals surface area contributed by atoms with E-state index in [0.717, 1.165) is 17.2 Å². The summed E-state index contributed by atoms with van der Waals surface area (Å²) in [5.41, 5.74) is 9.30. The largest absolute Gasteiger partial charge is 0.478 e. The molecular formula is C21H28BN10O17P3. The van der Waals surface area contributed by atoms with Gasteiger partial charge in [0.05, 0.1) is 25.9 Å². The molecule has 3 unspecified atom stereocenters. The number of aromatic amines is 2. The fourth-order valence-corrected chi connectivity index (χ4v) is 9.11. The molecule has 0 bridgehead atoms. The zero-order valence-corrected chi connectivity index (χ0v) is 28.8. The maximum absolute atomic E-state index is 12.7. The van der Waals surface area contributed by atoms with Crippen molar-refractivity contribution < 1.29 is 70.7 Å². The lowest BCUT2D eigenvalue weighted by Gasteiger charge is -2.23. The molecule has 0 aromatic carbocycles. The van der Waals surface area contributed by atoms with Crippen molar-refractivity contribution in [2.45, 2.75) is 49.1 Å². The number of aliphatic hydroxyl groups excluding tert-OH is 3. The van der Waals surface area contributed by atoms with E-state index in [1.54, 1.807) is 0 Å². The molecule has 2 aliphatic rings. The highest BCUT2D eigenvalue weighted by Gasteiger charge is 2.49. The molecule has 2 aliphatic heterocycles. The molecule has 0 amide bonds. The summed E-state index contributed by atoms with van der Waals surface area (Å²) in [6.07, 6.45) is -9.78. The molecule has 4 aromatic rings. The summed E-state index contributed by atoms with van der Waals surface area (Å²) >= 11 is 0. The fraction of sp³-hybridized carbons (Fsp3) is 0.524. The van der Waals surface area contributed by atoms with Gasteiger partial charge in [0.25, 0.3) is 18.6 Å². The number of nitrogens with zero attached hydrogens (tertiary/aromatic N) is 6. The average molecular weight is 796 g/mol. The van der Waals surface area contributed by atoms with Gasteiger partial charge in [-0.05, 0) is 0 Å². The van der Waals surface area contributed by atoms with E-state index in [4.69, 9.17) is 37.8 Å². The number of phosphoric ester groups is 2. The molecule has 31 heteroatoms. The van der Waals surface area contributed by atoms with Gasteiger partial charge in [0, 0.05) is 7.11 Å². The van der Waals surface area contributed by atoms with E-state index in [1.165, 1.54) is 11.7 Å². The molecular weight excluding hydrogens is 768 g/mol. The molecule has 2 fully saturated rings. The first-order valence-electron chi connectivity index (χ1n) is 14.4. The van der Waals surface area contributed by atoms with Crippen LogP contribution in [0.15, 0.2) is 22.2 Å². The van der Waals surface area contributed by atoms with Gasteiger partial charge in [-0.2, -0.15) is 9.97 Å². The van der Waals surface area contributed by atoms with Crippen LogP contribution < -0.4 is 22.6 Å². The van der Waals surface area contributed by atoms with Gasteiger partial charge in [0.1, 0.15) is 36.6 Å². The topological polar surface area (TPSA) is 396 Å². The number of H-pyrrole nitrogens is 2. The second-order valence-corrected chi connectivity index (χ2v) is 15.9. The molecule has 0 aliphatic carbocycles. The first-order valence-corrected chi connectivity index (χ1v) is 19.0. The monoisotopic (exact) mass is 796 g/mol.